The number of carbonyl (C=O) groups is 1. The molecule has 128 valence electrons. The molecule has 3 rings (SSSR count). The number of anilines is 1. The number of aliphatic carboxylic acids is 1. The molecule has 1 N–H and O–H groups in total. The molecule has 0 spiro atoms. The molecule has 0 radical (unpaired) electrons. The van der Waals surface area contributed by atoms with Crippen molar-refractivity contribution in [2.24, 2.45) is 0 Å². The minimum absolute atomic E-state index is 0.263. The Morgan fingerprint density at radius 3 is 2.71 bits per heavy atom. The molecule has 1 aromatic heterocycles. The highest BCUT2D eigenvalue weighted by Gasteiger charge is 2.27. The van der Waals surface area contributed by atoms with Gasteiger partial charge in [0.1, 0.15) is 22.8 Å². The third-order valence-corrected chi connectivity index (χ3v) is 4.17. The second-order valence-corrected chi connectivity index (χ2v) is 5.63. The lowest BCUT2D eigenvalue weighted by molar-refractivity contribution is -0.150. The summed E-state index contributed by atoms with van der Waals surface area (Å²) < 4.78 is 16.1. The van der Waals surface area contributed by atoms with Gasteiger partial charge in [0.15, 0.2) is 6.10 Å². The van der Waals surface area contributed by atoms with Gasteiger partial charge in [-0.3, -0.25) is 0 Å². The Kier molecular flexibility index (Phi) is 4.44. The van der Waals surface area contributed by atoms with Gasteiger partial charge in [-0.1, -0.05) is 0 Å². The molecule has 1 fully saturated rings. The van der Waals surface area contributed by atoms with Crippen molar-refractivity contribution in [3.63, 3.8) is 0 Å². The van der Waals surface area contributed by atoms with Crippen molar-refractivity contribution in [1.82, 2.24) is 4.98 Å². The van der Waals surface area contributed by atoms with Crippen molar-refractivity contribution in [1.29, 1.82) is 0 Å². The summed E-state index contributed by atoms with van der Waals surface area (Å²) in [7, 11) is 3.22. The molecule has 7 nitrogen and oxygen atoms in total. The van der Waals surface area contributed by atoms with E-state index in [1.54, 1.807) is 14.2 Å². The minimum Gasteiger partial charge on any atom is -0.496 e. The highest BCUT2D eigenvalue weighted by molar-refractivity contribution is 5.94. The van der Waals surface area contributed by atoms with Crippen LogP contribution in [0.2, 0.25) is 0 Å². The maximum atomic E-state index is 11.2. The normalized spacial score (nSPS) is 17.8. The fourth-order valence-corrected chi connectivity index (χ4v) is 2.96. The number of carboxylic acid groups (broad SMARTS) is 1. The van der Waals surface area contributed by atoms with E-state index in [2.05, 4.69) is 0 Å². The summed E-state index contributed by atoms with van der Waals surface area (Å²) in [5.41, 5.74) is 1.69. The molecule has 1 aliphatic heterocycles. The van der Waals surface area contributed by atoms with Crippen molar-refractivity contribution < 1.29 is 24.1 Å². The first-order valence-electron chi connectivity index (χ1n) is 7.67. The van der Waals surface area contributed by atoms with E-state index in [1.165, 1.54) is 0 Å². The zero-order valence-corrected chi connectivity index (χ0v) is 13.9. The van der Waals surface area contributed by atoms with Gasteiger partial charge in [-0.25, -0.2) is 9.78 Å². The van der Waals surface area contributed by atoms with Crippen LogP contribution in [0.1, 0.15) is 5.56 Å². The third kappa shape index (κ3) is 2.82. The van der Waals surface area contributed by atoms with Gasteiger partial charge < -0.3 is 24.2 Å². The Morgan fingerprint density at radius 2 is 2.04 bits per heavy atom. The van der Waals surface area contributed by atoms with Crippen molar-refractivity contribution in [2.45, 2.75) is 13.0 Å². The van der Waals surface area contributed by atoms with Crippen molar-refractivity contribution in [3.05, 3.63) is 23.8 Å². The van der Waals surface area contributed by atoms with E-state index >= 15 is 0 Å². The van der Waals surface area contributed by atoms with Crippen LogP contribution in [-0.4, -0.2) is 56.1 Å². The molecule has 1 aromatic carbocycles. The topological polar surface area (TPSA) is 81.1 Å². The van der Waals surface area contributed by atoms with Crippen LogP contribution in [0.4, 0.5) is 5.82 Å². The Labute approximate surface area is 139 Å². The number of rotatable bonds is 4. The zero-order valence-electron chi connectivity index (χ0n) is 13.9. The predicted octanol–water partition coefficient (Wildman–Crippen LogP) is 1.85. The highest BCUT2D eigenvalue weighted by atomic mass is 16.5. The lowest BCUT2D eigenvalue weighted by atomic mass is 10.1. The molecule has 0 amide bonds. The van der Waals surface area contributed by atoms with Gasteiger partial charge >= 0.3 is 5.97 Å². The van der Waals surface area contributed by atoms with Crippen LogP contribution in [-0.2, 0) is 9.53 Å². The van der Waals surface area contributed by atoms with Crippen LogP contribution in [0, 0.1) is 6.92 Å². The van der Waals surface area contributed by atoms with Gasteiger partial charge in [-0.2, -0.15) is 0 Å². The van der Waals surface area contributed by atoms with E-state index in [9.17, 15) is 9.90 Å². The number of hydrogen-bond donors (Lipinski definition) is 1. The van der Waals surface area contributed by atoms with E-state index in [0.717, 1.165) is 16.7 Å². The average Bonchev–Trinajstić information content (AvgIpc) is 2.60. The number of hydrogen-bond acceptors (Lipinski definition) is 6. The first-order valence-corrected chi connectivity index (χ1v) is 7.67. The minimum atomic E-state index is -0.962. The molecule has 1 saturated heterocycles. The largest absolute Gasteiger partial charge is 0.496 e. The molecule has 1 atom stereocenters. The van der Waals surface area contributed by atoms with Crippen LogP contribution in [0.5, 0.6) is 11.5 Å². The molecule has 0 saturated carbocycles. The SMILES string of the molecule is COc1ccc(OC)c2c(C)cc(N3CCOC(C(=O)O)C3)nc12. The standard InChI is InChI=1S/C17H20N2O5/c1-10-8-14(19-6-7-24-13(9-19)17(20)21)18-16-12(23-3)5-4-11(22-2)15(10)16/h4-5,8,13H,6-7,9H2,1-3H3,(H,20,21). The molecular formula is C17H20N2O5. The summed E-state index contributed by atoms with van der Waals surface area (Å²) in [6.07, 6.45) is -0.844. The molecular weight excluding hydrogens is 312 g/mol. The number of aromatic nitrogens is 1. The Hall–Kier alpha value is -2.54. The summed E-state index contributed by atoms with van der Waals surface area (Å²) in [5.74, 6) is 1.13. The van der Waals surface area contributed by atoms with Crippen molar-refractivity contribution in [2.75, 3.05) is 38.8 Å². The predicted molar refractivity (Wildman–Crippen MR) is 89.2 cm³/mol. The summed E-state index contributed by atoms with van der Waals surface area (Å²) >= 11 is 0. The molecule has 0 bridgehead atoms. The van der Waals surface area contributed by atoms with E-state index in [-0.39, 0.29) is 6.54 Å². The van der Waals surface area contributed by atoms with E-state index in [0.29, 0.717) is 30.2 Å². The number of aryl methyl sites for hydroxylation is 1. The second kappa shape index (κ2) is 6.52. The highest BCUT2D eigenvalue weighted by Crippen LogP contribution is 2.36. The van der Waals surface area contributed by atoms with Crippen LogP contribution >= 0.6 is 0 Å². The van der Waals surface area contributed by atoms with Crippen molar-refractivity contribution >= 4 is 22.7 Å². The number of methoxy groups -OCH3 is 2. The third-order valence-electron chi connectivity index (χ3n) is 4.17. The number of benzene rings is 1. The maximum Gasteiger partial charge on any atom is 0.334 e. The van der Waals surface area contributed by atoms with Gasteiger partial charge in [-0.05, 0) is 30.7 Å². The number of carboxylic acids is 1. The summed E-state index contributed by atoms with van der Waals surface area (Å²) in [6.45, 7) is 3.18. The van der Waals surface area contributed by atoms with Gasteiger partial charge in [-0.15, -0.1) is 0 Å². The number of nitrogens with zero attached hydrogens (tertiary/aromatic N) is 2. The number of pyridine rings is 1. The summed E-state index contributed by atoms with van der Waals surface area (Å²) in [4.78, 5) is 17.8. The summed E-state index contributed by atoms with van der Waals surface area (Å²) in [6, 6.07) is 5.61. The molecule has 0 aliphatic carbocycles. The lowest BCUT2D eigenvalue weighted by Gasteiger charge is -2.32. The van der Waals surface area contributed by atoms with Crippen LogP contribution in [0.25, 0.3) is 10.9 Å². The molecule has 2 aromatic rings. The molecule has 7 heteroatoms. The number of ether oxygens (including phenoxy) is 3. The molecule has 1 unspecified atom stereocenters. The van der Waals surface area contributed by atoms with Crippen LogP contribution in [0.3, 0.4) is 0 Å². The fourth-order valence-electron chi connectivity index (χ4n) is 2.96. The van der Waals surface area contributed by atoms with E-state index in [4.69, 9.17) is 19.2 Å². The maximum absolute atomic E-state index is 11.2. The Bertz CT molecular complexity index is 777. The van der Waals surface area contributed by atoms with Gasteiger partial charge in [0.2, 0.25) is 0 Å². The Balaban J connectivity index is 2.08. The quantitative estimate of drug-likeness (QED) is 0.915. The van der Waals surface area contributed by atoms with E-state index < -0.39 is 12.1 Å². The van der Waals surface area contributed by atoms with E-state index in [1.807, 2.05) is 30.0 Å². The first kappa shape index (κ1) is 16.3. The van der Waals surface area contributed by atoms with Gasteiger partial charge in [0.25, 0.3) is 0 Å². The number of morpholine rings is 1. The van der Waals surface area contributed by atoms with Gasteiger partial charge in [0.05, 0.1) is 27.4 Å². The second-order valence-electron chi connectivity index (χ2n) is 5.63. The first-order chi connectivity index (χ1) is 11.5. The van der Waals surface area contributed by atoms with Gasteiger partial charge in [0, 0.05) is 11.9 Å². The van der Waals surface area contributed by atoms with Crippen molar-refractivity contribution in [3.8, 4) is 11.5 Å². The number of fused-ring (bicyclic) bond motifs is 1. The monoisotopic (exact) mass is 332 g/mol. The molecule has 1 aliphatic rings. The fraction of sp³-hybridized carbons (Fsp3) is 0.412. The molecule has 2 heterocycles. The average molecular weight is 332 g/mol. The van der Waals surface area contributed by atoms with Crippen LogP contribution in [0.15, 0.2) is 18.2 Å². The van der Waals surface area contributed by atoms with Crippen LogP contribution < -0.4 is 14.4 Å². The molecule has 24 heavy (non-hydrogen) atoms. The Morgan fingerprint density at radius 1 is 1.33 bits per heavy atom. The zero-order chi connectivity index (χ0) is 17.3. The lowest BCUT2D eigenvalue weighted by Crippen LogP contribution is -2.46. The summed E-state index contributed by atoms with van der Waals surface area (Å²) in [5, 5.41) is 10.1. The smallest absolute Gasteiger partial charge is 0.334 e.